The molecule has 0 spiro atoms. The summed E-state index contributed by atoms with van der Waals surface area (Å²) in [6.07, 6.45) is 1.66. The molecule has 0 saturated heterocycles. The summed E-state index contributed by atoms with van der Waals surface area (Å²) >= 11 is 5.37. The summed E-state index contributed by atoms with van der Waals surface area (Å²) < 4.78 is 1.07. The Kier molecular flexibility index (Phi) is 4.51. The van der Waals surface area contributed by atoms with Crippen molar-refractivity contribution in [3.63, 3.8) is 0 Å². The van der Waals surface area contributed by atoms with Crippen LogP contribution in [0.25, 0.3) is 0 Å². The quantitative estimate of drug-likeness (QED) is 0.671. The Bertz CT molecular complexity index is 666. The van der Waals surface area contributed by atoms with Crippen LogP contribution in [0.15, 0.2) is 51.8 Å². The highest BCUT2D eigenvalue weighted by atomic mass is 79.9. The Balaban J connectivity index is 1.90. The number of halogens is 1. The highest BCUT2D eigenvalue weighted by molar-refractivity contribution is 9.10. The SMILES string of the molecule is CC1CC(=O)c2c(SCc3ccccc3)ccc(Br)c2C1. The van der Waals surface area contributed by atoms with Crippen LogP contribution in [0.5, 0.6) is 0 Å². The molecule has 0 amide bonds. The molecule has 0 heterocycles. The normalized spacial score (nSPS) is 17.6. The summed E-state index contributed by atoms with van der Waals surface area (Å²) in [5, 5.41) is 0. The van der Waals surface area contributed by atoms with E-state index in [4.69, 9.17) is 0 Å². The van der Waals surface area contributed by atoms with Gasteiger partial charge in [0.2, 0.25) is 0 Å². The monoisotopic (exact) mass is 360 g/mol. The van der Waals surface area contributed by atoms with Crippen LogP contribution in [0.3, 0.4) is 0 Å². The number of carbonyl (C=O) groups is 1. The highest BCUT2D eigenvalue weighted by Gasteiger charge is 2.26. The first kappa shape index (κ1) is 14.9. The number of fused-ring (bicyclic) bond motifs is 1. The first-order valence-electron chi connectivity index (χ1n) is 7.16. The van der Waals surface area contributed by atoms with E-state index in [9.17, 15) is 4.79 Å². The van der Waals surface area contributed by atoms with Gasteiger partial charge in [-0.15, -0.1) is 11.8 Å². The fourth-order valence-electron chi connectivity index (χ4n) is 2.80. The molecule has 3 heteroatoms. The zero-order chi connectivity index (χ0) is 14.8. The second-order valence-corrected chi connectivity index (χ2v) is 7.48. The minimum absolute atomic E-state index is 0.292. The molecule has 108 valence electrons. The minimum atomic E-state index is 0.292. The van der Waals surface area contributed by atoms with Crippen LogP contribution >= 0.6 is 27.7 Å². The fourth-order valence-corrected chi connectivity index (χ4v) is 4.35. The second-order valence-electron chi connectivity index (χ2n) is 5.61. The first-order valence-corrected chi connectivity index (χ1v) is 8.94. The van der Waals surface area contributed by atoms with E-state index in [-0.39, 0.29) is 0 Å². The van der Waals surface area contributed by atoms with Crippen molar-refractivity contribution in [3.8, 4) is 0 Å². The number of Topliss-reactive ketones (excluding diaryl/α,β-unsaturated/α-hetero) is 1. The fraction of sp³-hybridized carbons (Fsp3) is 0.278. The number of ketones is 1. The second kappa shape index (κ2) is 6.37. The Morgan fingerprint density at radius 3 is 2.67 bits per heavy atom. The van der Waals surface area contributed by atoms with Gasteiger partial charge in [0.25, 0.3) is 0 Å². The molecule has 1 nitrogen and oxygen atoms in total. The zero-order valence-electron chi connectivity index (χ0n) is 11.9. The molecule has 0 saturated carbocycles. The van der Waals surface area contributed by atoms with Crippen LogP contribution < -0.4 is 0 Å². The third kappa shape index (κ3) is 3.24. The summed E-state index contributed by atoms with van der Waals surface area (Å²) in [5.41, 5.74) is 3.43. The van der Waals surface area contributed by atoms with Crippen molar-refractivity contribution in [2.45, 2.75) is 30.4 Å². The van der Waals surface area contributed by atoms with Crippen LogP contribution in [0, 0.1) is 5.92 Å². The predicted molar refractivity (Wildman–Crippen MR) is 92.0 cm³/mol. The highest BCUT2D eigenvalue weighted by Crippen LogP contribution is 2.38. The Hall–Kier alpha value is -1.06. The molecular formula is C18H17BrOS. The van der Waals surface area contributed by atoms with Crippen molar-refractivity contribution in [2.24, 2.45) is 5.92 Å². The van der Waals surface area contributed by atoms with Crippen molar-refractivity contribution in [3.05, 3.63) is 63.6 Å². The van der Waals surface area contributed by atoms with Crippen molar-refractivity contribution in [1.82, 2.24) is 0 Å². The minimum Gasteiger partial charge on any atom is -0.294 e. The Morgan fingerprint density at radius 1 is 1.14 bits per heavy atom. The number of benzene rings is 2. The molecule has 1 atom stereocenters. The summed E-state index contributed by atoms with van der Waals surface area (Å²) in [6, 6.07) is 14.5. The summed E-state index contributed by atoms with van der Waals surface area (Å²) in [4.78, 5) is 13.6. The summed E-state index contributed by atoms with van der Waals surface area (Å²) in [5.74, 6) is 1.63. The molecule has 0 aliphatic heterocycles. The molecule has 0 N–H and O–H groups in total. The van der Waals surface area contributed by atoms with Gasteiger partial charge in [0.15, 0.2) is 5.78 Å². The largest absolute Gasteiger partial charge is 0.294 e. The van der Waals surface area contributed by atoms with Crippen LogP contribution in [-0.4, -0.2) is 5.78 Å². The van der Waals surface area contributed by atoms with Gasteiger partial charge in [-0.05, 0) is 35.6 Å². The average Bonchev–Trinajstić information content (AvgIpc) is 2.48. The van der Waals surface area contributed by atoms with Crippen LogP contribution in [0.4, 0.5) is 0 Å². The molecule has 1 unspecified atom stereocenters. The zero-order valence-corrected chi connectivity index (χ0v) is 14.3. The van der Waals surface area contributed by atoms with E-state index in [0.29, 0.717) is 18.1 Å². The molecule has 2 aromatic carbocycles. The molecular weight excluding hydrogens is 344 g/mol. The third-order valence-electron chi connectivity index (χ3n) is 3.82. The number of carbonyl (C=O) groups excluding carboxylic acids is 1. The van der Waals surface area contributed by atoms with Crippen LogP contribution in [-0.2, 0) is 12.2 Å². The third-order valence-corrected chi connectivity index (χ3v) is 5.69. The Morgan fingerprint density at radius 2 is 1.90 bits per heavy atom. The molecule has 2 aromatic rings. The number of rotatable bonds is 3. The first-order chi connectivity index (χ1) is 10.1. The van der Waals surface area contributed by atoms with Gasteiger partial charge in [0.05, 0.1) is 0 Å². The molecule has 21 heavy (non-hydrogen) atoms. The van der Waals surface area contributed by atoms with E-state index in [1.165, 1.54) is 11.1 Å². The maximum absolute atomic E-state index is 12.4. The van der Waals surface area contributed by atoms with Gasteiger partial charge in [-0.1, -0.05) is 53.2 Å². The smallest absolute Gasteiger partial charge is 0.164 e. The molecule has 1 aliphatic rings. The molecule has 3 rings (SSSR count). The van der Waals surface area contributed by atoms with E-state index in [2.05, 4.69) is 59.3 Å². The lowest BCUT2D eigenvalue weighted by Crippen LogP contribution is -2.19. The lowest BCUT2D eigenvalue weighted by Gasteiger charge is -2.23. The van der Waals surface area contributed by atoms with E-state index < -0.39 is 0 Å². The maximum atomic E-state index is 12.4. The van der Waals surface area contributed by atoms with Gasteiger partial charge in [-0.2, -0.15) is 0 Å². The predicted octanol–water partition coefficient (Wildman–Crippen LogP) is 5.51. The van der Waals surface area contributed by atoms with E-state index in [0.717, 1.165) is 27.1 Å². The number of thioether (sulfide) groups is 1. The van der Waals surface area contributed by atoms with Crippen molar-refractivity contribution >= 4 is 33.5 Å². The van der Waals surface area contributed by atoms with Crippen molar-refractivity contribution in [2.75, 3.05) is 0 Å². The van der Waals surface area contributed by atoms with Crippen LogP contribution in [0.1, 0.15) is 34.8 Å². The molecule has 0 fully saturated rings. The van der Waals surface area contributed by atoms with Gasteiger partial charge in [-0.3, -0.25) is 4.79 Å². The lowest BCUT2D eigenvalue weighted by molar-refractivity contribution is 0.0950. The molecule has 0 radical (unpaired) electrons. The number of hydrogen-bond donors (Lipinski definition) is 0. The van der Waals surface area contributed by atoms with E-state index in [1.807, 2.05) is 6.07 Å². The molecule has 0 bridgehead atoms. The van der Waals surface area contributed by atoms with Gasteiger partial charge in [0.1, 0.15) is 0 Å². The van der Waals surface area contributed by atoms with Crippen molar-refractivity contribution in [1.29, 1.82) is 0 Å². The summed E-state index contributed by atoms with van der Waals surface area (Å²) in [7, 11) is 0. The van der Waals surface area contributed by atoms with E-state index >= 15 is 0 Å². The lowest BCUT2D eigenvalue weighted by atomic mass is 9.84. The van der Waals surface area contributed by atoms with Gasteiger partial charge in [-0.25, -0.2) is 0 Å². The van der Waals surface area contributed by atoms with Crippen LogP contribution in [0.2, 0.25) is 0 Å². The standard InChI is InChI=1S/C18H17BrOS/c1-12-9-14-15(19)7-8-17(18(14)16(20)10-12)21-11-13-5-3-2-4-6-13/h2-8,12H,9-11H2,1H3. The molecule has 1 aliphatic carbocycles. The van der Waals surface area contributed by atoms with Gasteiger partial charge < -0.3 is 0 Å². The van der Waals surface area contributed by atoms with E-state index in [1.54, 1.807) is 11.8 Å². The Labute approximate surface area is 138 Å². The topological polar surface area (TPSA) is 17.1 Å². The van der Waals surface area contributed by atoms with Gasteiger partial charge in [0, 0.05) is 27.1 Å². The maximum Gasteiger partial charge on any atom is 0.164 e. The van der Waals surface area contributed by atoms with Gasteiger partial charge >= 0.3 is 0 Å². The summed E-state index contributed by atoms with van der Waals surface area (Å²) in [6.45, 7) is 2.15. The molecule has 0 aromatic heterocycles. The number of hydrogen-bond acceptors (Lipinski definition) is 2. The van der Waals surface area contributed by atoms with Crippen molar-refractivity contribution < 1.29 is 4.79 Å². The average molecular weight is 361 g/mol.